The topological polar surface area (TPSA) is 74.7 Å². The molecular weight excluding hydrogens is 302 g/mol. The number of sulfonamides is 1. The fourth-order valence-electron chi connectivity index (χ4n) is 2.79. The van der Waals surface area contributed by atoms with E-state index in [0.29, 0.717) is 12.1 Å². The van der Waals surface area contributed by atoms with Crippen LogP contribution in [0, 0.1) is 0 Å². The first-order valence-electron chi connectivity index (χ1n) is 6.87. The predicted octanol–water partition coefficient (Wildman–Crippen LogP) is 2.52. The minimum atomic E-state index is -3.70. The standard InChI is InChI=1S/C16H15NO4S/c1-11-10-13-4-2-3-5-15(13)17(11)22(20,21)14-8-6-12(7-9-14)16(18)19/h2-9,11H,10H2,1H3,(H,18,19)/t11-/m1/s1. The van der Waals surface area contributed by atoms with Gasteiger partial charge in [0.15, 0.2) is 0 Å². The van der Waals surface area contributed by atoms with Crippen molar-refractivity contribution in [1.29, 1.82) is 0 Å². The molecular formula is C16H15NO4S. The van der Waals surface area contributed by atoms with Crippen molar-refractivity contribution >= 4 is 21.7 Å². The van der Waals surface area contributed by atoms with E-state index in [-0.39, 0.29) is 16.5 Å². The highest BCUT2D eigenvalue weighted by Gasteiger charge is 2.35. The number of rotatable bonds is 3. The molecule has 0 unspecified atom stereocenters. The van der Waals surface area contributed by atoms with Gasteiger partial charge in [-0.1, -0.05) is 18.2 Å². The molecule has 5 nitrogen and oxygen atoms in total. The van der Waals surface area contributed by atoms with E-state index >= 15 is 0 Å². The van der Waals surface area contributed by atoms with Gasteiger partial charge in [-0.05, 0) is 49.2 Å². The zero-order valence-electron chi connectivity index (χ0n) is 11.9. The van der Waals surface area contributed by atoms with Crippen molar-refractivity contribution in [2.24, 2.45) is 0 Å². The van der Waals surface area contributed by atoms with Crippen LogP contribution in [0.5, 0.6) is 0 Å². The van der Waals surface area contributed by atoms with Crippen LogP contribution in [0.3, 0.4) is 0 Å². The van der Waals surface area contributed by atoms with Crippen LogP contribution in [0.4, 0.5) is 5.69 Å². The Labute approximate surface area is 128 Å². The molecule has 3 rings (SSSR count). The lowest BCUT2D eigenvalue weighted by atomic mass is 10.1. The van der Waals surface area contributed by atoms with Gasteiger partial charge in [0, 0.05) is 6.04 Å². The molecule has 114 valence electrons. The first-order valence-corrected chi connectivity index (χ1v) is 8.31. The third kappa shape index (κ3) is 2.25. The summed E-state index contributed by atoms with van der Waals surface area (Å²) < 4.78 is 27.1. The maximum atomic E-state index is 12.9. The molecule has 0 radical (unpaired) electrons. The Balaban J connectivity index is 2.05. The number of fused-ring (bicyclic) bond motifs is 1. The van der Waals surface area contributed by atoms with Crippen molar-refractivity contribution in [3.63, 3.8) is 0 Å². The van der Waals surface area contributed by atoms with Crippen molar-refractivity contribution < 1.29 is 18.3 Å². The first kappa shape index (κ1) is 14.6. The molecule has 1 atom stereocenters. The van der Waals surface area contributed by atoms with Crippen molar-refractivity contribution in [2.45, 2.75) is 24.3 Å². The Kier molecular flexibility index (Phi) is 3.41. The normalized spacial score (nSPS) is 17.3. The van der Waals surface area contributed by atoms with E-state index < -0.39 is 16.0 Å². The van der Waals surface area contributed by atoms with Crippen molar-refractivity contribution in [3.8, 4) is 0 Å². The van der Waals surface area contributed by atoms with Crippen LogP contribution in [-0.2, 0) is 16.4 Å². The fourth-order valence-corrected chi connectivity index (χ4v) is 4.48. The number of anilines is 1. The summed E-state index contributed by atoms with van der Waals surface area (Å²) in [5, 5.41) is 8.90. The number of aromatic carboxylic acids is 1. The first-order chi connectivity index (χ1) is 10.4. The molecule has 0 fully saturated rings. The summed E-state index contributed by atoms with van der Waals surface area (Å²) in [6.45, 7) is 1.86. The third-order valence-corrected chi connectivity index (χ3v) is 5.75. The molecule has 1 aliphatic rings. The van der Waals surface area contributed by atoms with Gasteiger partial charge >= 0.3 is 5.97 Å². The number of hydrogen-bond donors (Lipinski definition) is 1. The Morgan fingerprint density at radius 2 is 1.77 bits per heavy atom. The molecule has 0 aromatic heterocycles. The minimum absolute atomic E-state index is 0.0637. The summed E-state index contributed by atoms with van der Waals surface area (Å²) in [5.74, 6) is -1.08. The van der Waals surface area contributed by atoms with Crippen LogP contribution >= 0.6 is 0 Å². The lowest BCUT2D eigenvalue weighted by Gasteiger charge is -2.24. The van der Waals surface area contributed by atoms with E-state index in [2.05, 4.69) is 0 Å². The van der Waals surface area contributed by atoms with E-state index in [1.165, 1.54) is 28.6 Å². The highest BCUT2D eigenvalue weighted by molar-refractivity contribution is 7.92. The summed E-state index contributed by atoms with van der Waals surface area (Å²) in [6, 6.07) is 12.6. The molecule has 0 spiro atoms. The monoisotopic (exact) mass is 317 g/mol. The molecule has 0 saturated heterocycles. The SMILES string of the molecule is C[C@@H]1Cc2ccccc2N1S(=O)(=O)c1ccc(C(=O)O)cc1. The number of carboxylic acids is 1. The Bertz CT molecular complexity index is 827. The van der Waals surface area contributed by atoms with Crippen LogP contribution < -0.4 is 4.31 Å². The van der Waals surface area contributed by atoms with Crippen LogP contribution in [-0.4, -0.2) is 25.5 Å². The Hall–Kier alpha value is -2.34. The highest BCUT2D eigenvalue weighted by Crippen LogP contribution is 2.36. The van der Waals surface area contributed by atoms with Crippen molar-refractivity contribution in [3.05, 3.63) is 59.7 Å². The third-order valence-electron chi connectivity index (χ3n) is 3.80. The average Bonchev–Trinajstić information content (AvgIpc) is 2.83. The van der Waals surface area contributed by atoms with E-state index in [0.717, 1.165) is 5.56 Å². The fraction of sp³-hybridized carbons (Fsp3) is 0.188. The van der Waals surface area contributed by atoms with Gasteiger partial charge in [-0.15, -0.1) is 0 Å². The summed E-state index contributed by atoms with van der Waals surface area (Å²) >= 11 is 0. The van der Waals surface area contributed by atoms with E-state index in [4.69, 9.17) is 5.11 Å². The summed E-state index contributed by atoms with van der Waals surface area (Å²) in [5.41, 5.74) is 1.76. The number of hydrogen-bond acceptors (Lipinski definition) is 3. The number of carboxylic acid groups (broad SMARTS) is 1. The number of benzene rings is 2. The van der Waals surface area contributed by atoms with Gasteiger partial charge in [0.1, 0.15) is 0 Å². The van der Waals surface area contributed by atoms with Crippen LogP contribution in [0.2, 0.25) is 0 Å². The maximum Gasteiger partial charge on any atom is 0.335 e. The molecule has 2 aromatic rings. The summed E-state index contributed by atoms with van der Waals surface area (Å²) in [6.07, 6.45) is 0.669. The van der Waals surface area contributed by atoms with Crippen molar-refractivity contribution in [2.75, 3.05) is 4.31 Å². The molecule has 22 heavy (non-hydrogen) atoms. The molecule has 0 saturated carbocycles. The molecule has 2 aromatic carbocycles. The largest absolute Gasteiger partial charge is 0.478 e. The molecule has 6 heteroatoms. The van der Waals surface area contributed by atoms with Gasteiger partial charge in [-0.2, -0.15) is 0 Å². The lowest BCUT2D eigenvalue weighted by Crippen LogP contribution is -2.35. The molecule has 0 bridgehead atoms. The molecule has 1 N–H and O–H groups in total. The summed E-state index contributed by atoms with van der Waals surface area (Å²) in [4.78, 5) is 11.0. The minimum Gasteiger partial charge on any atom is -0.478 e. The molecule has 0 amide bonds. The zero-order chi connectivity index (χ0) is 15.9. The van der Waals surface area contributed by atoms with E-state index in [9.17, 15) is 13.2 Å². The summed E-state index contributed by atoms with van der Waals surface area (Å²) in [7, 11) is -3.70. The van der Waals surface area contributed by atoms with Gasteiger partial charge in [-0.25, -0.2) is 13.2 Å². The quantitative estimate of drug-likeness (QED) is 0.944. The van der Waals surface area contributed by atoms with Gasteiger partial charge in [-0.3, -0.25) is 4.31 Å². The predicted molar refractivity (Wildman–Crippen MR) is 82.7 cm³/mol. The Morgan fingerprint density at radius 1 is 1.14 bits per heavy atom. The molecule has 1 heterocycles. The smallest absolute Gasteiger partial charge is 0.335 e. The van der Waals surface area contributed by atoms with Gasteiger partial charge < -0.3 is 5.11 Å². The Morgan fingerprint density at radius 3 is 2.41 bits per heavy atom. The highest BCUT2D eigenvalue weighted by atomic mass is 32.2. The molecule has 0 aliphatic carbocycles. The van der Waals surface area contributed by atoms with Crippen LogP contribution in [0.15, 0.2) is 53.4 Å². The lowest BCUT2D eigenvalue weighted by molar-refractivity contribution is 0.0696. The maximum absolute atomic E-state index is 12.9. The zero-order valence-corrected chi connectivity index (χ0v) is 12.7. The number of nitrogens with zero attached hydrogens (tertiary/aromatic N) is 1. The van der Waals surface area contributed by atoms with Crippen molar-refractivity contribution in [1.82, 2.24) is 0 Å². The second-order valence-electron chi connectivity index (χ2n) is 5.31. The second-order valence-corrected chi connectivity index (χ2v) is 7.13. The van der Waals surface area contributed by atoms with Gasteiger partial charge in [0.05, 0.1) is 16.1 Å². The van der Waals surface area contributed by atoms with Crippen LogP contribution in [0.1, 0.15) is 22.8 Å². The number of carbonyl (C=O) groups is 1. The number of para-hydroxylation sites is 1. The van der Waals surface area contributed by atoms with Gasteiger partial charge in [0.25, 0.3) is 10.0 Å². The average molecular weight is 317 g/mol. The second kappa shape index (κ2) is 5.14. The molecule has 1 aliphatic heterocycles. The van der Waals surface area contributed by atoms with E-state index in [1.807, 2.05) is 25.1 Å². The van der Waals surface area contributed by atoms with Gasteiger partial charge in [0.2, 0.25) is 0 Å². The van der Waals surface area contributed by atoms with E-state index in [1.54, 1.807) is 6.07 Å². The van der Waals surface area contributed by atoms with Crippen LogP contribution in [0.25, 0.3) is 0 Å².